The molecule has 1 unspecified atom stereocenters. The van der Waals surface area contributed by atoms with E-state index in [2.05, 4.69) is 0 Å². The summed E-state index contributed by atoms with van der Waals surface area (Å²) in [7, 11) is 0. The Hall–Kier alpha value is -0.890. The molecule has 0 aliphatic carbocycles. The summed E-state index contributed by atoms with van der Waals surface area (Å²) in [5, 5.41) is 0. The van der Waals surface area contributed by atoms with Gasteiger partial charge in [-0.3, -0.25) is 0 Å². The maximum atomic E-state index is 13.2. The molecular formula is C12H18FN. The van der Waals surface area contributed by atoms with Crippen LogP contribution < -0.4 is 5.73 Å². The Morgan fingerprint density at radius 2 is 1.93 bits per heavy atom. The van der Waals surface area contributed by atoms with Crippen LogP contribution in [0.25, 0.3) is 0 Å². The van der Waals surface area contributed by atoms with E-state index < -0.39 is 6.17 Å². The van der Waals surface area contributed by atoms with Gasteiger partial charge in [-0.25, -0.2) is 4.39 Å². The van der Waals surface area contributed by atoms with Gasteiger partial charge in [0.25, 0.3) is 0 Å². The van der Waals surface area contributed by atoms with Crippen LogP contribution in [0.15, 0.2) is 24.3 Å². The molecule has 1 nitrogen and oxygen atoms in total. The molecule has 0 bridgehead atoms. The Kier molecular flexibility index (Phi) is 3.27. The molecule has 0 aromatic heterocycles. The average molecular weight is 195 g/mol. The lowest BCUT2D eigenvalue weighted by atomic mass is 9.92. The van der Waals surface area contributed by atoms with Crippen molar-refractivity contribution in [3.63, 3.8) is 0 Å². The van der Waals surface area contributed by atoms with Crippen LogP contribution in [0.1, 0.15) is 38.1 Å². The van der Waals surface area contributed by atoms with Crippen LogP contribution >= 0.6 is 0 Å². The predicted octanol–water partition coefficient (Wildman–Crippen LogP) is 3.00. The molecule has 0 aliphatic heterocycles. The third kappa shape index (κ3) is 3.11. The van der Waals surface area contributed by atoms with Gasteiger partial charge in [-0.05, 0) is 38.3 Å². The van der Waals surface area contributed by atoms with Crippen LogP contribution in [0.5, 0.6) is 0 Å². The SMILES string of the molecule is CC(F)c1ccccc1CC(C)(C)N. The van der Waals surface area contributed by atoms with Gasteiger partial charge in [-0.15, -0.1) is 0 Å². The molecule has 1 aromatic rings. The standard InChI is InChI=1S/C12H18FN/c1-9(13)11-7-5-4-6-10(11)8-12(2,3)14/h4-7,9H,8,14H2,1-3H3. The Balaban J connectivity index is 2.96. The van der Waals surface area contributed by atoms with E-state index in [4.69, 9.17) is 5.73 Å². The Morgan fingerprint density at radius 1 is 1.36 bits per heavy atom. The molecule has 2 heteroatoms. The van der Waals surface area contributed by atoms with Crippen molar-refractivity contribution in [1.29, 1.82) is 0 Å². The van der Waals surface area contributed by atoms with Crippen molar-refractivity contribution in [3.8, 4) is 0 Å². The van der Waals surface area contributed by atoms with Gasteiger partial charge < -0.3 is 5.73 Å². The van der Waals surface area contributed by atoms with Gasteiger partial charge in [-0.2, -0.15) is 0 Å². The molecule has 1 rings (SSSR count). The minimum absolute atomic E-state index is 0.287. The second-order valence-corrected chi connectivity index (χ2v) is 4.48. The number of hydrogen-bond donors (Lipinski definition) is 1. The maximum Gasteiger partial charge on any atom is 0.123 e. The first-order chi connectivity index (χ1) is 6.40. The average Bonchev–Trinajstić information content (AvgIpc) is 2.01. The second kappa shape index (κ2) is 4.09. The molecule has 0 aliphatic rings. The zero-order valence-corrected chi connectivity index (χ0v) is 9.05. The minimum Gasteiger partial charge on any atom is -0.325 e. The van der Waals surface area contributed by atoms with Gasteiger partial charge in [0.2, 0.25) is 0 Å². The lowest BCUT2D eigenvalue weighted by molar-refractivity contribution is 0.369. The Bertz CT molecular complexity index is 299. The Morgan fingerprint density at radius 3 is 2.43 bits per heavy atom. The second-order valence-electron chi connectivity index (χ2n) is 4.48. The van der Waals surface area contributed by atoms with E-state index in [9.17, 15) is 4.39 Å². The van der Waals surface area contributed by atoms with Gasteiger partial charge in [-0.1, -0.05) is 24.3 Å². The molecular weight excluding hydrogens is 177 g/mol. The van der Waals surface area contributed by atoms with Gasteiger partial charge in [0.05, 0.1) is 0 Å². The van der Waals surface area contributed by atoms with Crippen molar-refractivity contribution in [3.05, 3.63) is 35.4 Å². The zero-order chi connectivity index (χ0) is 10.8. The molecule has 0 spiro atoms. The molecule has 0 radical (unpaired) electrons. The monoisotopic (exact) mass is 195 g/mol. The van der Waals surface area contributed by atoms with E-state index in [0.717, 1.165) is 11.1 Å². The van der Waals surface area contributed by atoms with Crippen molar-refractivity contribution in [1.82, 2.24) is 0 Å². The van der Waals surface area contributed by atoms with Crippen molar-refractivity contribution >= 4 is 0 Å². The van der Waals surface area contributed by atoms with Crippen LogP contribution in [0, 0.1) is 0 Å². The highest BCUT2D eigenvalue weighted by molar-refractivity contribution is 5.30. The van der Waals surface area contributed by atoms with Crippen LogP contribution in [-0.2, 0) is 6.42 Å². The van der Waals surface area contributed by atoms with E-state index >= 15 is 0 Å². The van der Waals surface area contributed by atoms with Crippen molar-refractivity contribution < 1.29 is 4.39 Å². The smallest absolute Gasteiger partial charge is 0.123 e. The molecule has 0 amide bonds. The highest BCUT2D eigenvalue weighted by atomic mass is 19.1. The summed E-state index contributed by atoms with van der Waals surface area (Å²) in [5.41, 5.74) is 7.39. The molecule has 1 atom stereocenters. The third-order valence-electron chi connectivity index (χ3n) is 2.13. The third-order valence-corrected chi connectivity index (χ3v) is 2.13. The number of hydrogen-bond acceptors (Lipinski definition) is 1. The molecule has 0 heterocycles. The van der Waals surface area contributed by atoms with Crippen molar-refractivity contribution in [2.75, 3.05) is 0 Å². The van der Waals surface area contributed by atoms with Crippen LogP contribution in [-0.4, -0.2) is 5.54 Å². The number of rotatable bonds is 3. The minimum atomic E-state index is -0.923. The van der Waals surface area contributed by atoms with Gasteiger partial charge in [0.15, 0.2) is 0 Å². The van der Waals surface area contributed by atoms with E-state index in [0.29, 0.717) is 6.42 Å². The fourth-order valence-electron chi connectivity index (χ4n) is 1.57. The van der Waals surface area contributed by atoms with Crippen LogP contribution in [0.2, 0.25) is 0 Å². The van der Waals surface area contributed by atoms with Crippen LogP contribution in [0.3, 0.4) is 0 Å². The van der Waals surface area contributed by atoms with E-state index in [1.54, 1.807) is 6.92 Å². The Labute approximate surface area is 85.1 Å². The highest BCUT2D eigenvalue weighted by Gasteiger charge is 2.16. The molecule has 14 heavy (non-hydrogen) atoms. The molecule has 2 N–H and O–H groups in total. The maximum absolute atomic E-state index is 13.2. The molecule has 0 saturated heterocycles. The normalized spacial score (nSPS) is 14.1. The lowest BCUT2D eigenvalue weighted by Gasteiger charge is -2.20. The predicted molar refractivity (Wildman–Crippen MR) is 57.9 cm³/mol. The first-order valence-electron chi connectivity index (χ1n) is 4.91. The molecule has 1 aromatic carbocycles. The summed E-state index contributed by atoms with van der Waals surface area (Å²) in [4.78, 5) is 0. The quantitative estimate of drug-likeness (QED) is 0.788. The van der Waals surface area contributed by atoms with Gasteiger partial charge in [0.1, 0.15) is 6.17 Å². The summed E-state index contributed by atoms with van der Waals surface area (Å²) in [5.74, 6) is 0. The lowest BCUT2D eigenvalue weighted by Crippen LogP contribution is -2.34. The molecule has 78 valence electrons. The van der Waals surface area contributed by atoms with E-state index in [-0.39, 0.29) is 5.54 Å². The highest BCUT2D eigenvalue weighted by Crippen LogP contribution is 2.23. The number of benzene rings is 1. The fraction of sp³-hybridized carbons (Fsp3) is 0.500. The summed E-state index contributed by atoms with van der Waals surface area (Å²) >= 11 is 0. The fourth-order valence-corrected chi connectivity index (χ4v) is 1.57. The zero-order valence-electron chi connectivity index (χ0n) is 9.05. The first kappa shape index (κ1) is 11.2. The van der Waals surface area contributed by atoms with Gasteiger partial charge >= 0.3 is 0 Å². The number of halogens is 1. The summed E-state index contributed by atoms with van der Waals surface area (Å²) in [6.07, 6.45) is -0.217. The molecule has 0 fully saturated rings. The van der Waals surface area contributed by atoms with Crippen LogP contribution in [0.4, 0.5) is 4.39 Å². The molecule has 0 saturated carbocycles. The topological polar surface area (TPSA) is 26.0 Å². The summed E-state index contributed by atoms with van der Waals surface area (Å²) in [6.45, 7) is 5.46. The number of alkyl halides is 1. The van der Waals surface area contributed by atoms with Crippen molar-refractivity contribution in [2.45, 2.75) is 38.9 Å². The number of nitrogens with two attached hydrogens (primary N) is 1. The van der Waals surface area contributed by atoms with Gasteiger partial charge in [0, 0.05) is 5.54 Å². The summed E-state index contributed by atoms with van der Waals surface area (Å²) in [6, 6.07) is 7.55. The largest absolute Gasteiger partial charge is 0.325 e. The van der Waals surface area contributed by atoms with E-state index in [1.807, 2.05) is 38.1 Å². The van der Waals surface area contributed by atoms with E-state index in [1.165, 1.54) is 0 Å². The first-order valence-corrected chi connectivity index (χ1v) is 4.91. The summed E-state index contributed by atoms with van der Waals surface area (Å²) < 4.78 is 13.2. The van der Waals surface area contributed by atoms with Crippen molar-refractivity contribution in [2.24, 2.45) is 5.73 Å².